The number of carbonyl (C=O) groups excluding carboxylic acids is 1. The molecule has 17 heavy (non-hydrogen) atoms. The molecule has 3 N–H and O–H groups in total. The second-order valence-corrected chi connectivity index (χ2v) is 4.90. The van der Waals surface area contributed by atoms with Gasteiger partial charge in [-0.1, -0.05) is 0 Å². The average molecular weight is 242 g/mol. The Bertz CT molecular complexity index is 248. The quantitative estimate of drug-likeness (QED) is 0.732. The minimum atomic E-state index is -0.402. The Balaban J connectivity index is 1.77. The first-order valence-electron chi connectivity index (χ1n) is 6.49. The Labute approximate surface area is 102 Å². The maximum absolute atomic E-state index is 12.0. The van der Waals surface area contributed by atoms with Crippen molar-refractivity contribution < 1.29 is 14.3 Å². The molecule has 2 saturated heterocycles. The molecular formula is C12H22N2O3. The van der Waals surface area contributed by atoms with Gasteiger partial charge in [0.1, 0.15) is 0 Å². The molecule has 5 heteroatoms. The van der Waals surface area contributed by atoms with Gasteiger partial charge in [-0.05, 0) is 31.6 Å². The van der Waals surface area contributed by atoms with Crippen LogP contribution in [0.2, 0.25) is 0 Å². The Morgan fingerprint density at radius 2 is 1.94 bits per heavy atom. The van der Waals surface area contributed by atoms with Crippen LogP contribution in [0.5, 0.6) is 0 Å². The van der Waals surface area contributed by atoms with E-state index in [1.165, 1.54) is 0 Å². The molecule has 2 aliphatic heterocycles. The van der Waals surface area contributed by atoms with Gasteiger partial charge in [0, 0.05) is 19.8 Å². The summed E-state index contributed by atoms with van der Waals surface area (Å²) < 4.78 is 10.6. The largest absolute Gasteiger partial charge is 0.381 e. The first-order valence-corrected chi connectivity index (χ1v) is 6.49. The van der Waals surface area contributed by atoms with Crippen molar-refractivity contribution in [1.29, 1.82) is 0 Å². The molecule has 0 aliphatic carbocycles. The number of nitrogens with two attached hydrogens (primary N) is 1. The fourth-order valence-corrected chi connectivity index (χ4v) is 2.44. The maximum atomic E-state index is 12.0. The second-order valence-electron chi connectivity index (χ2n) is 4.90. The van der Waals surface area contributed by atoms with E-state index in [-0.39, 0.29) is 17.9 Å². The van der Waals surface area contributed by atoms with Crippen molar-refractivity contribution >= 4 is 5.91 Å². The van der Waals surface area contributed by atoms with Crippen molar-refractivity contribution in [3.8, 4) is 0 Å². The van der Waals surface area contributed by atoms with Crippen LogP contribution in [0.15, 0.2) is 0 Å². The van der Waals surface area contributed by atoms with E-state index in [2.05, 4.69) is 5.32 Å². The van der Waals surface area contributed by atoms with E-state index < -0.39 is 6.04 Å². The number of nitrogens with one attached hydrogen (secondary N) is 1. The summed E-state index contributed by atoms with van der Waals surface area (Å²) in [6, 6.07) is -0.261. The lowest BCUT2D eigenvalue weighted by Gasteiger charge is -2.29. The van der Waals surface area contributed by atoms with Crippen LogP contribution in [-0.2, 0) is 14.3 Å². The van der Waals surface area contributed by atoms with E-state index in [0.29, 0.717) is 6.61 Å². The third-order valence-electron chi connectivity index (χ3n) is 3.58. The summed E-state index contributed by atoms with van der Waals surface area (Å²) in [5.74, 6) is 0.223. The summed E-state index contributed by atoms with van der Waals surface area (Å²) in [7, 11) is 0. The molecule has 0 saturated carbocycles. The van der Waals surface area contributed by atoms with Gasteiger partial charge >= 0.3 is 0 Å². The van der Waals surface area contributed by atoms with E-state index in [0.717, 1.165) is 45.5 Å². The number of amides is 1. The van der Waals surface area contributed by atoms with Crippen LogP contribution in [0.1, 0.15) is 25.7 Å². The Morgan fingerprint density at radius 1 is 1.18 bits per heavy atom. The van der Waals surface area contributed by atoms with Gasteiger partial charge < -0.3 is 20.5 Å². The topological polar surface area (TPSA) is 73.6 Å². The highest BCUT2D eigenvalue weighted by Crippen LogP contribution is 2.18. The summed E-state index contributed by atoms with van der Waals surface area (Å²) in [6.07, 6.45) is 3.77. The highest BCUT2D eigenvalue weighted by atomic mass is 16.5. The normalized spacial score (nSPS) is 28.6. The number of rotatable bonds is 3. The summed E-state index contributed by atoms with van der Waals surface area (Å²) in [6.45, 7) is 2.86. The van der Waals surface area contributed by atoms with Gasteiger partial charge in [0.25, 0.3) is 0 Å². The molecule has 0 bridgehead atoms. The zero-order valence-corrected chi connectivity index (χ0v) is 10.2. The van der Waals surface area contributed by atoms with E-state index in [1.807, 2.05) is 0 Å². The fraction of sp³-hybridized carbons (Fsp3) is 0.917. The SMILES string of the molecule is NC(C(=O)NC1CCCOC1)C1CCOCC1. The molecule has 0 spiro atoms. The number of hydrogen-bond acceptors (Lipinski definition) is 4. The fourth-order valence-electron chi connectivity index (χ4n) is 2.44. The van der Waals surface area contributed by atoms with Crippen LogP contribution in [0.25, 0.3) is 0 Å². The maximum Gasteiger partial charge on any atom is 0.237 e. The van der Waals surface area contributed by atoms with Crippen molar-refractivity contribution in [2.75, 3.05) is 26.4 Å². The lowest BCUT2D eigenvalue weighted by molar-refractivity contribution is -0.126. The van der Waals surface area contributed by atoms with Crippen molar-refractivity contribution in [2.24, 2.45) is 11.7 Å². The van der Waals surface area contributed by atoms with Crippen LogP contribution in [-0.4, -0.2) is 44.4 Å². The zero-order chi connectivity index (χ0) is 12.1. The second kappa shape index (κ2) is 6.33. The van der Waals surface area contributed by atoms with Gasteiger partial charge in [-0.3, -0.25) is 4.79 Å². The van der Waals surface area contributed by atoms with Gasteiger partial charge in [-0.25, -0.2) is 0 Å². The molecule has 2 fully saturated rings. The van der Waals surface area contributed by atoms with Gasteiger partial charge in [0.2, 0.25) is 5.91 Å². The molecule has 0 aromatic rings. The van der Waals surface area contributed by atoms with Crippen LogP contribution >= 0.6 is 0 Å². The van der Waals surface area contributed by atoms with Crippen molar-refractivity contribution in [1.82, 2.24) is 5.32 Å². The molecular weight excluding hydrogens is 220 g/mol. The zero-order valence-electron chi connectivity index (χ0n) is 10.2. The molecule has 98 valence electrons. The Kier molecular flexibility index (Phi) is 4.76. The minimum Gasteiger partial charge on any atom is -0.381 e. The van der Waals surface area contributed by atoms with Crippen molar-refractivity contribution in [3.05, 3.63) is 0 Å². The molecule has 5 nitrogen and oxygen atoms in total. The van der Waals surface area contributed by atoms with E-state index in [9.17, 15) is 4.79 Å². The standard InChI is InChI=1S/C12H22N2O3/c13-11(9-3-6-16-7-4-9)12(15)14-10-2-1-5-17-8-10/h9-11H,1-8,13H2,(H,14,15). The van der Waals surface area contributed by atoms with E-state index in [4.69, 9.17) is 15.2 Å². The third kappa shape index (κ3) is 3.66. The smallest absolute Gasteiger partial charge is 0.237 e. The summed E-state index contributed by atoms with van der Waals surface area (Å²) in [5, 5.41) is 2.99. The highest BCUT2D eigenvalue weighted by molar-refractivity contribution is 5.82. The van der Waals surface area contributed by atoms with Gasteiger partial charge in [-0.2, -0.15) is 0 Å². The molecule has 2 unspecified atom stereocenters. The lowest BCUT2D eigenvalue weighted by Crippen LogP contribution is -2.51. The molecule has 2 rings (SSSR count). The molecule has 0 aromatic heterocycles. The average Bonchev–Trinajstić information content (AvgIpc) is 2.40. The molecule has 1 amide bonds. The summed E-state index contributed by atoms with van der Waals surface area (Å²) in [4.78, 5) is 12.0. The molecule has 2 heterocycles. The molecule has 0 radical (unpaired) electrons. The molecule has 0 aromatic carbocycles. The highest BCUT2D eigenvalue weighted by Gasteiger charge is 2.28. The third-order valence-corrected chi connectivity index (χ3v) is 3.58. The van der Waals surface area contributed by atoms with E-state index >= 15 is 0 Å². The monoisotopic (exact) mass is 242 g/mol. The van der Waals surface area contributed by atoms with Crippen LogP contribution in [0.3, 0.4) is 0 Å². The number of ether oxygens (including phenoxy) is 2. The lowest BCUT2D eigenvalue weighted by atomic mass is 9.91. The van der Waals surface area contributed by atoms with Crippen LogP contribution in [0.4, 0.5) is 0 Å². The Hall–Kier alpha value is -0.650. The summed E-state index contributed by atoms with van der Waals surface area (Å²) >= 11 is 0. The van der Waals surface area contributed by atoms with Gasteiger partial charge in [0.15, 0.2) is 0 Å². The first-order chi connectivity index (χ1) is 8.27. The van der Waals surface area contributed by atoms with Crippen molar-refractivity contribution in [2.45, 2.75) is 37.8 Å². The first kappa shape index (κ1) is 12.8. The number of carbonyl (C=O) groups is 1. The Morgan fingerprint density at radius 3 is 2.59 bits per heavy atom. The van der Waals surface area contributed by atoms with Crippen LogP contribution in [0, 0.1) is 5.92 Å². The van der Waals surface area contributed by atoms with E-state index in [1.54, 1.807) is 0 Å². The number of hydrogen-bond donors (Lipinski definition) is 2. The van der Waals surface area contributed by atoms with Gasteiger partial charge in [-0.15, -0.1) is 0 Å². The van der Waals surface area contributed by atoms with Gasteiger partial charge in [0.05, 0.1) is 18.7 Å². The molecule has 2 aliphatic rings. The predicted molar refractivity (Wildman–Crippen MR) is 63.5 cm³/mol. The molecule has 2 atom stereocenters. The minimum absolute atomic E-state index is 0.0348. The predicted octanol–water partition coefficient (Wildman–Crippen LogP) is 0.0355. The van der Waals surface area contributed by atoms with Crippen molar-refractivity contribution in [3.63, 3.8) is 0 Å². The van der Waals surface area contributed by atoms with Crippen LogP contribution < -0.4 is 11.1 Å². The summed E-state index contributed by atoms with van der Waals surface area (Å²) in [5.41, 5.74) is 6.00.